The molecule has 0 heterocycles. The number of amides is 1. The first-order valence-electron chi connectivity index (χ1n) is 6.19. The van der Waals surface area contributed by atoms with Crippen LogP contribution in [0.15, 0.2) is 42.5 Å². The van der Waals surface area contributed by atoms with Gasteiger partial charge in [-0.1, -0.05) is 6.07 Å². The second kappa shape index (κ2) is 6.06. The van der Waals surface area contributed by atoms with E-state index in [1.165, 1.54) is 18.2 Å². The zero-order valence-electron chi connectivity index (χ0n) is 11.0. The molecule has 4 nitrogen and oxygen atoms in total. The number of carbonyl (C=O) groups excluding carboxylic acids is 1. The van der Waals surface area contributed by atoms with Crippen LogP contribution in [0.1, 0.15) is 17.3 Å². The van der Waals surface area contributed by atoms with E-state index >= 15 is 0 Å². The van der Waals surface area contributed by atoms with Crippen LogP contribution < -0.4 is 15.8 Å². The number of nitrogen functional groups attached to an aromatic ring is 1. The van der Waals surface area contributed by atoms with Crippen molar-refractivity contribution in [3.63, 3.8) is 0 Å². The third-order valence-corrected chi connectivity index (χ3v) is 2.64. The van der Waals surface area contributed by atoms with Crippen molar-refractivity contribution in [2.24, 2.45) is 0 Å². The summed E-state index contributed by atoms with van der Waals surface area (Å²) in [5.41, 5.74) is 6.33. The SMILES string of the molecule is CCOc1cccc(NC(=O)c2cc(N)ccc2F)c1. The molecule has 2 aromatic carbocycles. The van der Waals surface area contributed by atoms with Crippen LogP contribution in [0.4, 0.5) is 15.8 Å². The predicted octanol–water partition coefficient (Wildman–Crippen LogP) is 3.06. The van der Waals surface area contributed by atoms with E-state index in [4.69, 9.17) is 10.5 Å². The first kappa shape index (κ1) is 13.9. The molecule has 0 saturated heterocycles. The smallest absolute Gasteiger partial charge is 0.258 e. The van der Waals surface area contributed by atoms with Crippen LogP contribution in [0.25, 0.3) is 0 Å². The topological polar surface area (TPSA) is 64.3 Å². The third kappa shape index (κ3) is 3.26. The Morgan fingerprint density at radius 3 is 2.85 bits per heavy atom. The van der Waals surface area contributed by atoms with Gasteiger partial charge in [-0.15, -0.1) is 0 Å². The number of nitrogens with two attached hydrogens (primary N) is 1. The molecule has 0 aliphatic carbocycles. The predicted molar refractivity (Wildman–Crippen MR) is 76.4 cm³/mol. The molecule has 20 heavy (non-hydrogen) atoms. The summed E-state index contributed by atoms with van der Waals surface area (Å²) in [6.07, 6.45) is 0. The molecule has 2 aromatic rings. The van der Waals surface area contributed by atoms with Crippen molar-refractivity contribution in [2.45, 2.75) is 6.92 Å². The van der Waals surface area contributed by atoms with Gasteiger partial charge in [-0.25, -0.2) is 4.39 Å². The molecule has 1 amide bonds. The Labute approximate surface area is 116 Å². The van der Waals surface area contributed by atoms with E-state index in [0.29, 0.717) is 23.7 Å². The summed E-state index contributed by atoms with van der Waals surface area (Å²) >= 11 is 0. The van der Waals surface area contributed by atoms with E-state index in [1.807, 2.05) is 6.92 Å². The zero-order chi connectivity index (χ0) is 14.5. The summed E-state index contributed by atoms with van der Waals surface area (Å²) in [5, 5.41) is 2.61. The molecule has 104 valence electrons. The van der Waals surface area contributed by atoms with E-state index in [1.54, 1.807) is 24.3 Å². The van der Waals surface area contributed by atoms with Gasteiger partial charge >= 0.3 is 0 Å². The van der Waals surface area contributed by atoms with Crippen LogP contribution in [0, 0.1) is 5.82 Å². The highest BCUT2D eigenvalue weighted by atomic mass is 19.1. The van der Waals surface area contributed by atoms with Crippen molar-refractivity contribution in [2.75, 3.05) is 17.7 Å². The molecular weight excluding hydrogens is 259 g/mol. The molecular formula is C15H15FN2O2. The summed E-state index contributed by atoms with van der Waals surface area (Å²) in [4.78, 5) is 12.0. The maximum absolute atomic E-state index is 13.6. The second-order valence-corrected chi connectivity index (χ2v) is 4.15. The quantitative estimate of drug-likeness (QED) is 0.842. The molecule has 0 aliphatic heterocycles. The fourth-order valence-corrected chi connectivity index (χ4v) is 1.75. The molecule has 5 heteroatoms. The minimum atomic E-state index is -0.613. The van der Waals surface area contributed by atoms with Gasteiger partial charge in [-0.05, 0) is 37.3 Å². The normalized spacial score (nSPS) is 10.1. The van der Waals surface area contributed by atoms with Gasteiger partial charge in [0.25, 0.3) is 5.91 Å². The summed E-state index contributed by atoms with van der Waals surface area (Å²) in [6, 6.07) is 10.8. The van der Waals surface area contributed by atoms with Crippen molar-refractivity contribution in [3.8, 4) is 5.75 Å². The molecule has 0 fully saturated rings. The largest absolute Gasteiger partial charge is 0.494 e. The Balaban J connectivity index is 2.19. The molecule has 0 unspecified atom stereocenters. The summed E-state index contributed by atoms with van der Waals surface area (Å²) in [7, 11) is 0. The number of nitrogens with one attached hydrogen (secondary N) is 1. The highest BCUT2D eigenvalue weighted by Crippen LogP contribution is 2.19. The Kier molecular flexibility index (Phi) is 4.20. The molecule has 0 bridgehead atoms. The monoisotopic (exact) mass is 274 g/mol. The van der Waals surface area contributed by atoms with Gasteiger partial charge in [0.2, 0.25) is 0 Å². The summed E-state index contributed by atoms with van der Waals surface area (Å²) in [6.45, 7) is 2.40. The van der Waals surface area contributed by atoms with Gasteiger partial charge in [0.15, 0.2) is 0 Å². The lowest BCUT2D eigenvalue weighted by molar-refractivity contribution is 0.102. The van der Waals surface area contributed by atoms with Crippen molar-refractivity contribution in [1.82, 2.24) is 0 Å². The molecule has 0 atom stereocenters. The third-order valence-electron chi connectivity index (χ3n) is 2.64. The lowest BCUT2D eigenvalue weighted by Crippen LogP contribution is -2.14. The van der Waals surface area contributed by atoms with E-state index < -0.39 is 11.7 Å². The number of anilines is 2. The molecule has 3 N–H and O–H groups in total. The molecule has 0 saturated carbocycles. The summed E-state index contributed by atoms with van der Waals surface area (Å²) in [5.74, 6) is -0.528. The Morgan fingerprint density at radius 1 is 1.30 bits per heavy atom. The first-order chi connectivity index (χ1) is 9.60. The molecule has 0 aromatic heterocycles. The van der Waals surface area contributed by atoms with Crippen LogP contribution in [0.2, 0.25) is 0 Å². The standard InChI is InChI=1S/C15H15FN2O2/c1-2-20-12-5-3-4-11(9-12)18-15(19)13-8-10(17)6-7-14(13)16/h3-9H,2,17H2,1H3,(H,18,19). The Bertz CT molecular complexity index is 629. The van der Waals surface area contributed by atoms with Crippen LogP contribution in [-0.4, -0.2) is 12.5 Å². The van der Waals surface area contributed by atoms with Crippen molar-refractivity contribution in [3.05, 3.63) is 53.8 Å². The second-order valence-electron chi connectivity index (χ2n) is 4.15. The maximum atomic E-state index is 13.6. The molecule has 0 spiro atoms. The number of ether oxygens (including phenoxy) is 1. The fourth-order valence-electron chi connectivity index (χ4n) is 1.75. The number of hydrogen-bond acceptors (Lipinski definition) is 3. The highest BCUT2D eigenvalue weighted by molar-refractivity contribution is 6.05. The van der Waals surface area contributed by atoms with Crippen molar-refractivity contribution >= 4 is 17.3 Å². The van der Waals surface area contributed by atoms with Crippen LogP contribution in [0.5, 0.6) is 5.75 Å². The van der Waals surface area contributed by atoms with E-state index in [0.717, 1.165) is 0 Å². The van der Waals surface area contributed by atoms with Gasteiger partial charge < -0.3 is 15.8 Å². The molecule has 0 aliphatic rings. The van der Waals surface area contributed by atoms with Gasteiger partial charge in [0, 0.05) is 17.4 Å². The number of benzene rings is 2. The lowest BCUT2D eigenvalue weighted by atomic mass is 10.1. The van der Waals surface area contributed by atoms with Gasteiger partial charge in [0.1, 0.15) is 11.6 Å². The lowest BCUT2D eigenvalue weighted by Gasteiger charge is -2.09. The number of hydrogen-bond donors (Lipinski definition) is 2. The van der Waals surface area contributed by atoms with Crippen LogP contribution in [0.3, 0.4) is 0 Å². The van der Waals surface area contributed by atoms with Crippen LogP contribution >= 0.6 is 0 Å². The van der Waals surface area contributed by atoms with Crippen LogP contribution in [-0.2, 0) is 0 Å². The van der Waals surface area contributed by atoms with Crippen molar-refractivity contribution in [1.29, 1.82) is 0 Å². The number of carbonyl (C=O) groups is 1. The fraction of sp³-hybridized carbons (Fsp3) is 0.133. The molecule has 0 radical (unpaired) electrons. The van der Waals surface area contributed by atoms with E-state index in [9.17, 15) is 9.18 Å². The van der Waals surface area contributed by atoms with Gasteiger partial charge in [0.05, 0.1) is 12.2 Å². The highest BCUT2D eigenvalue weighted by Gasteiger charge is 2.12. The first-order valence-corrected chi connectivity index (χ1v) is 6.19. The average Bonchev–Trinajstić information content (AvgIpc) is 2.42. The number of rotatable bonds is 4. The van der Waals surface area contributed by atoms with E-state index in [2.05, 4.69) is 5.32 Å². The average molecular weight is 274 g/mol. The zero-order valence-corrected chi connectivity index (χ0v) is 11.0. The Hall–Kier alpha value is -2.56. The molecule has 2 rings (SSSR count). The minimum absolute atomic E-state index is 0.0909. The van der Waals surface area contributed by atoms with Gasteiger partial charge in [-0.3, -0.25) is 4.79 Å². The van der Waals surface area contributed by atoms with E-state index in [-0.39, 0.29) is 5.56 Å². The minimum Gasteiger partial charge on any atom is -0.494 e. The Morgan fingerprint density at radius 2 is 2.10 bits per heavy atom. The summed E-state index contributed by atoms with van der Waals surface area (Å²) < 4.78 is 18.9. The maximum Gasteiger partial charge on any atom is 0.258 e. The number of halogens is 1. The van der Waals surface area contributed by atoms with Gasteiger partial charge in [-0.2, -0.15) is 0 Å². The van der Waals surface area contributed by atoms with Crippen molar-refractivity contribution < 1.29 is 13.9 Å².